The molecular weight excluding hydrogens is 260 g/mol. The SMILES string of the molecule is CCCCn1c(CCC)nc(-c2ccc(C#N)cc2)c1N. The third kappa shape index (κ3) is 3.25. The highest BCUT2D eigenvalue weighted by molar-refractivity contribution is 5.71. The van der Waals surface area contributed by atoms with Gasteiger partial charge in [0.15, 0.2) is 0 Å². The maximum atomic E-state index is 8.87. The number of nitrogens with zero attached hydrogens (tertiary/aromatic N) is 3. The molecule has 2 rings (SSSR count). The Kier molecular flexibility index (Phi) is 4.99. The van der Waals surface area contributed by atoms with E-state index in [9.17, 15) is 0 Å². The van der Waals surface area contributed by atoms with Crippen molar-refractivity contribution in [1.82, 2.24) is 9.55 Å². The lowest BCUT2D eigenvalue weighted by Gasteiger charge is -2.08. The van der Waals surface area contributed by atoms with E-state index < -0.39 is 0 Å². The van der Waals surface area contributed by atoms with E-state index in [1.54, 1.807) is 12.1 Å². The zero-order chi connectivity index (χ0) is 15.2. The Morgan fingerprint density at radius 1 is 1.19 bits per heavy atom. The van der Waals surface area contributed by atoms with Crippen LogP contribution in [0.25, 0.3) is 11.3 Å². The highest BCUT2D eigenvalue weighted by Crippen LogP contribution is 2.27. The summed E-state index contributed by atoms with van der Waals surface area (Å²) in [4.78, 5) is 4.73. The molecule has 1 aromatic heterocycles. The Labute approximate surface area is 126 Å². The van der Waals surface area contributed by atoms with Crippen LogP contribution < -0.4 is 5.73 Å². The second-order valence-corrected chi connectivity index (χ2v) is 5.21. The topological polar surface area (TPSA) is 67.6 Å². The molecule has 0 fully saturated rings. The molecule has 4 nitrogen and oxygen atoms in total. The fourth-order valence-electron chi connectivity index (χ4n) is 2.41. The van der Waals surface area contributed by atoms with E-state index in [0.717, 1.165) is 55.1 Å². The Balaban J connectivity index is 2.40. The normalized spacial score (nSPS) is 10.5. The lowest BCUT2D eigenvalue weighted by Crippen LogP contribution is -2.07. The molecule has 1 heterocycles. The highest BCUT2D eigenvalue weighted by atomic mass is 15.1. The van der Waals surface area contributed by atoms with Gasteiger partial charge in [0, 0.05) is 18.5 Å². The summed E-state index contributed by atoms with van der Waals surface area (Å²) in [7, 11) is 0. The lowest BCUT2D eigenvalue weighted by atomic mass is 10.1. The predicted molar refractivity (Wildman–Crippen MR) is 85.7 cm³/mol. The maximum absolute atomic E-state index is 8.87. The summed E-state index contributed by atoms with van der Waals surface area (Å²) in [6.07, 6.45) is 4.22. The van der Waals surface area contributed by atoms with Crippen molar-refractivity contribution >= 4 is 5.82 Å². The summed E-state index contributed by atoms with van der Waals surface area (Å²) in [5.74, 6) is 1.79. The number of nitrogen functional groups attached to an aromatic ring is 1. The highest BCUT2D eigenvalue weighted by Gasteiger charge is 2.15. The van der Waals surface area contributed by atoms with Crippen molar-refractivity contribution in [2.24, 2.45) is 0 Å². The average Bonchev–Trinajstić information content (AvgIpc) is 2.82. The molecule has 1 aromatic carbocycles. The van der Waals surface area contributed by atoms with Crippen LogP contribution in [0.4, 0.5) is 5.82 Å². The first-order valence-electron chi connectivity index (χ1n) is 7.56. The second-order valence-electron chi connectivity index (χ2n) is 5.21. The first-order chi connectivity index (χ1) is 10.2. The van der Waals surface area contributed by atoms with Gasteiger partial charge in [0.1, 0.15) is 17.3 Å². The zero-order valence-corrected chi connectivity index (χ0v) is 12.8. The van der Waals surface area contributed by atoms with Gasteiger partial charge in [0.2, 0.25) is 0 Å². The Morgan fingerprint density at radius 3 is 2.48 bits per heavy atom. The first kappa shape index (κ1) is 15.1. The molecule has 21 heavy (non-hydrogen) atoms. The van der Waals surface area contributed by atoms with Crippen molar-refractivity contribution < 1.29 is 0 Å². The number of nitriles is 1. The summed E-state index contributed by atoms with van der Waals surface area (Å²) >= 11 is 0. The lowest BCUT2D eigenvalue weighted by molar-refractivity contribution is 0.604. The summed E-state index contributed by atoms with van der Waals surface area (Å²) in [5, 5.41) is 8.87. The second kappa shape index (κ2) is 6.94. The molecule has 0 bridgehead atoms. The fourth-order valence-corrected chi connectivity index (χ4v) is 2.41. The number of aromatic nitrogens is 2. The Morgan fingerprint density at radius 2 is 1.90 bits per heavy atom. The monoisotopic (exact) mass is 282 g/mol. The van der Waals surface area contributed by atoms with Crippen molar-refractivity contribution in [3.8, 4) is 17.3 Å². The fraction of sp³-hybridized carbons (Fsp3) is 0.412. The minimum atomic E-state index is 0.650. The Hall–Kier alpha value is -2.28. The molecule has 0 amide bonds. The van der Waals surface area contributed by atoms with Gasteiger partial charge in [-0.15, -0.1) is 0 Å². The molecule has 0 saturated carbocycles. The summed E-state index contributed by atoms with van der Waals surface area (Å²) in [6.45, 7) is 5.24. The van der Waals surface area contributed by atoms with Crippen LogP contribution in [-0.2, 0) is 13.0 Å². The zero-order valence-electron chi connectivity index (χ0n) is 12.8. The minimum Gasteiger partial charge on any atom is -0.383 e. The van der Waals surface area contributed by atoms with Crippen LogP contribution in [0.3, 0.4) is 0 Å². The molecule has 110 valence electrons. The number of unbranched alkanes of at least 4 members (excludes halogenated alkanes) is 1. The van der Waals surface area contributed by atoms with E-state index in [4.69, 9.17) is 16.0 Å². The molecular formula is C17H22N4. The first-order valence-corrected chi connectivity index (χ1v) is 7.56. The molecule has 0 radical (unpaired) electrons. The van der Waals surface area contributed by atoms with Gasteiger partial charge < -0.3 is 10.3 Å². The Bertz CT molecular complexity index is 632. The molecule has 2 aromatic rings. The third-order valence-corrected chi connectivity index (χ3v) is 3.58. The molecule has 4 heteroatoms. The van der Waals surface area contributed by atoms with Crippen LogP contribution in [0.1, 0.15) is 44.5 Å². The molecule has 0 aliphatic carbocycles. The van der Waals surface area contributed by atoms with Crippen molar-refractivity contribution in [2.45, 2.75) is 46.1 Å². The molecule has 0 unspecified atom stereocenters. The van der Waals surface area contributed by atoms with E-state index in [2.05, 4.69) is 24.5 Å². The summed E-state index contributed by atoms with van der Waals surface area (Å²) in [5.41, 5.74) is 8.77. The van der Waals surface area contributed by atoms with Crippen molar-refractivity contribution in [1.29, 1.82) is 5.26 Å². The molecule has 0 aliphatic heterocycles. The van der Waals surface area contributed by atoms with Gasteiger partial charge in [-0.3, -0.25) is 0 Å². The van der Waals surface area contributed by atoms with Crippen LogP contribution in [-0.4, -0.2) is 9.55 Å². The molecule has 0 saturated heterocycles. The van der Waals surface area contributed by atoms with Crippen LogP contribution in [0.15, 0.2) is 24.3 Å². The van der Waals surface area contributed by atoms with E-state index in [0.29, 0.717) is 5.56 Å². The van der Waals surface area contributed by atoms with Gasteiger partial charge in [-0.1, -0.05) is 32.4 Å². The number of hydrogen-bond acceptors (Lipinski definition) is 3. The van der Waals surface area contributed by atoms with Gasteiger partial charge in [0.25, 0.3) is 0 Å². The van der Waals surface area contributed by atoms with Crippen LogP contribution >= 0.6 is 0 Å². The molecule has 0 spiro atoms. The van der Waals surface area contributed by atoms with Crippen molar-refractivity contribution in [2.75, 3.05) is 5.73 Å². The van der Waals surface area contributed by atoms with Crippen LogP contribution in [0.5, 0.6) is 0 Å². The largest absolute Gasteiger partial charge is 0.383 e. The van der Waals surface area contributed by atoms with Gasteiger partial charge in [-0.25, -0.2) is 4.98 Å². The van der Waals surface area contributed by atoms with E-state index in [1.165, 1.54) is 0 Å². The van der Waals surface area contributed by atoms with Gasteiger partial charge in [0.05, 0.1) is 11.6 Å². The van der Waals surface area contributed by atoms with E-state index in [-0.39, 0.29) is 0 Å². The summed E-state index contributed by atoms with van der Waals surface area (Å²) in [6, 6.07) is 9.57. The quantitative estimate of drug-likeness (QED) is 0.877. The van der Waals surface area contributed by atoms with Crippen molar-refractivity contribution in [3.05, 3.63) is 35.7 Å². The van der Waals surface area contributed by atoms with E-state index >= 15 is 0 Å². The van der Waals surface area contributed by atoms with Crippen molar-refractivity contribution in [3.63, 3.8) is 0 Å². The standard InChI is InChI=1S/C17H22N4/c1-3-5-11-21-15(6-4-2)20-16(17(21)19)14-9-7-13(12-18)8-10-14/h7-10H,3-6,11,19H2,1-2H3. The third-order valence-electron chi connectivity index (χ3n) is 3.58. The average molecular weight is 282 g/mol. The predicted octanol–water partition coefficient (Wildman–Crippen LogP) is 3.76. The van der Waals surface area contributed by atoms with Gasteiger partial charge in [-0.05, 0) is 25.0 Å². The maximum Gasteiger partial charge on any atom is 0.131 e. The van der Waals surface area contributed by atoms with Crippen LogP contribution in [0.2, 0.25) is 0 Å². The number of aryl methyl sites for hydroxylation is 1. The molecule has 0 aliphatic rings. The number of nitrogens with two attached hydrogens (primary N) is 1. The van der Waals surface area contributed by atoms with Crippen LogP contribution in [0, 0.1) is 11.3 Å². The van der Waals surface area contributed by atoms with Gasteiger partial charge >= 0.3 is 0 Å². The number of rotatable bonds is 6. The number of imidazole rings is 1. The smallest absolute Gasteiger partial charge is 0.131 e. The molecule has 2 N–H and O–H groups in total. The number of hydrogen-bond donors (Lipinski definition) is 1. The number of anilines is 1. The number of benzene rings is 1. The molecule has 0 atom stereocenters. The minimum absolute atomic E-state index is 0.650. The van der Waals surface area contributed by atoms with E-state index in [1.807, 2.05) is 12.1 Å². The van der Waals surface area contributed by atoms with Gasteiger partial charge in [-0.2, -0.15) is 5.26 Å². The summed E-state index contributed by atoms with van der Waals surface area (Å²) < 4.78 is 2.14.